The SMILES string of the molecule is O=C1C[C@H]2SC(CS)C=CN12. The number of amides is 1. The van der Waals surface area contributed by atoms with Crippen molar-refractivity contribution in [3.8, 4) is 0 Å². The number of carbonyl (C=O) groups excluding carboxylic acids is 1. The number of rotatable bonds is 1. The van der Waals surface area contributed by atoms with Crippen LogP contribution in [0.2, 0.25) is 0 Å². The number of β-lactam (4-membered cyclic amide) rings is 1. The summed E-state index contributed by atoms with van der Waals surface area (Å²) in [5, 5.41) is 0.900. The van der Waals surface area contributed by atoms with E-state index in [1.807, 2.05) is 24.0 Å². The third-order valence-electron chi connectivity index (χ3n) is 1.92. The summed E-state index contributed by atoms with van der Waals surface area (Å²) in [6.45, 7) is 0. The monoisotopic (exact) mass is 187 g/mol. The molecular weight excluding hydrogens is 178 g/mol. The molecule has 0 radical (unpaired) electrons. The molecular formula is C7H9NOS2. The highest BCUT2D eigenvalue weighted by Crippen LogP contribution is 2.36. The molecule has 2 aliphatic heterocycles. The number of fused-ring (bicyclic) bond motifs is 1. The van der Waals surface area contributed by atoms with Crippen LogP contribution in [-0.4, -0.2) is 27.2 Å². The van der Waals surface area contributed by atoms with E-state index in [9.17, 15) is 4.79 Å². The second kappa shape index (κ2) is 2.75. The van der Waals surface area contributed by atoms with Gasteiger partial charge in [-0.3, -0.25) is 4.79 Å². The molecule has 4 heteroatoms. The van der Waals surface area contributed by atoms with Crippen LogP contribution in [0.15, 0.2) is 12.3 Å². The molecule has 0 N–H and O–H groups in total. The molecule has 2 heterocycles. The van der Waals surface area contributed by atoms with E-state index in [1.54, 1.807) is 4.90 Å². The van der Waals surface area contributed by atoms with E-state index >= 15 is 0 Å². The minimum absolute atomic E-state index is 0.247. The van der Waals surface area contributed by atoms with Crippen molar-refractivity contribution in [2.24, 2.45) is 0 Å². The number of carbonyl (C=O) groups is 1. The third-order valence-corrected chi connectivity index (χ3v) is 3.94. The normalized spacial score (nSPS) is 35.0. The van der Waals surface area contributed by atoms with Crippen molar-refractivity contribution in [3.63, 3.8) is 0 Å². The first kappa shape index (κ1) is 7.55. The number of thioether (sulfide) groups is 1. The van der Waals surface area contributed by atoms with Gasteiger partial charge in [0.1, 0.15) is 0 Å². The van der Waals surface area contributed by atoms with Crippen molar-refractivity contribution in [2.45, 2.75) is 17.0 Å². The summed E-state index contributed by atoms with van der Waals surface area (Å²) >= 11 is 6.03. The van der Waals surface area contributed by atoms with Crippen LogP contribution < -0.4 is 0 Å². The van der Waals surface area contributed by atoms with Crippen molar-refractivity contribution in [1.29, 1.82) is 0 Å². The summed E-state index contributed by atoms with van der Waals surface area (Å²) in [6.07, 6.45) is 4.65. The van der Waals surface area contributed by atoms with E-state index < -0.39 is 0 Å². The zero-order chi connectivity index (χ0) is 7.84. The van der Waals surface area contributed by atoms with Gasteiger partial charge in [-0.25, -0.2) is 0 Å². The van der Waals surface area contributed by atoms with Gasteiger partial charge in [-0.05, 0) is 0 Å². The standard InChI is InChI=1S/C7H9NOS2/c9-6-3-7-8(6)2-1-5(4-10)11-7/h1-2,5,7,10H,3-4H2/t5?,7-/m1/s1. The zero-order valence-corrected chi connectivity index (χ0v) is 7.65. The first-order chi connectivity index (χ1) is 5.31. The van der Waals surface area contributed by atoms with Crippen molar-refractivity contribution in [3.05, 3.63) is 12.3 Å². The topological polar surface area (TPSA) is 20.3 Å². The number of nitrogens with zero attached hydrogens (tertiary/aromatic N) is 1. The molecule has 1 unspecified atom stereocenters. The van der Waals surface area contributed by atoms with Crippen LogP contribution in [0.3, 0.4) is 0 Å². The largest absolute Gasteiger partial charge is 0.306 e. The minimum atomic E-state index is 0.247. The van der Waals surface area contributed by atoms with Crippen molar-refractivity contribution >= 4 is 30.3 Å². The molecule has 0 saturated carbocycles. The molecule has 11 heavy (non-hydrogen) atoms. The summed E-state index contributed by atoms with van der Waals surface area (Å²) in [5.74, 6) is 1.11. The van der Waals surface area contributed by atoms with Gasteiger partial charge in [-0.15, -0.1) is 11.8 Å². The van der Waals surface area contributed by atoms with E-state index in [2.05, 4.69) is 12.6 Å². The van der Waals surface area contributed by atoms with E-state index in [1.165, 1.54) is 0 Å². The third kappa shape index (κ3) is 1.18. The number of hydrogen-bond acceptors (Lipinski definition) is 3. The molecule has 60 valence electrons. The van der Waals surface area contributed by atoms with Gasteiger partial charge in [-0.2, -0.15) is 12.6 Å². The fourth-order valence-corrected chi connectivity index (χ4v) is 2.82. The summed E-state index contributed by atoms with van der Waals surface area (Å²) in [7, 11) is 0. The number of hydrogen-bond donors (Lipinski definition) is 1. The minimum Gasteiger partial charge on any atom is -0.306 e. The van der Waals surface area contributed by atoms with Crippen LogP contribution in [0.4, 0.5) is 0 Å². The molecule has 0 aromatic carbocycles. The highest BCUT2D eigenvalue weighted by atomic mass is 32.2. The molecule has 2 rings (SSSR count). The lowest BCUT2D eigenvalue weighted by molar-refractivity contribution is -0.137. The quantitative estimate of drug-likeness (QED) is 0.490. The molecule has 0 bridgehead atoms. The van der Waals surface area contributed by atoms with Crippen LogP contribution in [-0.2, 0) is 4.79 Å². The van der Waals surface area contributed by atoms with E-state index in [4.69, 9.17) is 0 Å². The molecule has 0 aliphatic carbocycles. The molecule has 0 spiro atoms. The van der Waals surface area contributed by atoms with Gasteiger partial charge >= 0.3 is 0 Å². The Morgan fingerprint density at radius 3 is 3.18 bits per heavy atom. The fourth-order valence-electron chi connectivity index (χ4n) is 1.23. The molecule has 0 aromatic heterocycles. The van der Waals surface area contributed by atoms with Gasteiger partial charge in [-0.1, -0.05) is 6.08 Å². The van der Waals surface area contributed by atoms with Crippen LogP contribution in [0, 0.1) is 0 Å². The van der Waals surface area contributed by atoms with Crippen LogP contribution in [0.1, 0.15) is 6.42 Å². The molecule has 0 aromatic rings. The lowest BCUT2D eigenvalue weighted by Gasteiger charge is -2.41. The maximum atomic E-state index is 10.9. The Morgan fingerprint density at radius 1 is 1.82 bits per heavy atom. The second-order valence-electron chi connectivity index (χ2n) is 2.66. The maximum Gasteiger partial charge on any atom is 0.230 e. The van der Waals surface area contributed by atoms with E-state index in [0.29, 0.717) is 17.0 Å². The Bertz CT molecular complexity index is 216. The summed E-state index contributed by atoms with van der Waals surface area (Å²) in [6, 6.07) is 0. The molecule has 2 aliphatic rings. The lowest BCUT2D eigenvalue weighted by Crippen LogP contribution is -2.49. The Morgan fingerprint density at radius 2 is 2.64 bits per heavy atom. The number of thiol groups is 1. The molecule has 1 saturated heterocycles. The van der Waals surface area contributed by atoms with Crippen molar-refractivity contribution < 1.29 is 4.79 Å². The Kier molecular flexibility index (Phi) is 1.89. The van der Waals surface area contributed by atoms with Gasteiger partial charge in [0.05, 0.1) is 11.8 Å². The van der Waals surface area contributed by atoms with Crippen molar-refractivity contribution in [2.75, 3.05) is 5.75 Å². The fraction of sp³-hybridized carbons (Fsp3) is 0.571. The second-order valence-corrected chi connectivity index (χ2v) is 4.45. The Labute approximate surface area is 75.4 Å². The Balaban J connectivity index is 2.06. The molecule has 2 atom stereocenters. The lowest BCUT2D eigenvalue weighted by atomic mass is 10.2. The van der Waals surface area contributed by atoms with Crippen LogP contribution in [0.25, 0.3) is 0 Å². The molecule has 1 amide bonds. The molecule has 1 fully saturated rings. The van der Waals surface area contributed by atoms with E-state index in [-0.39, 0.29) is 5.91 Å². The summed E-state index contributed by atoms with van der Waals surface area (Å²) in [5.41, 5.74) is 0. The average molecular weight is 187 g/mol. The van der Waals surface area contributed by atoms with Crippen LogP contribution >= 0.6 is 24.4 Å². The Hall–Kier alpha value is -0.0900. The van der Waals surface area contributed by atoms with Gasteiger partial charge in [0.2, 0.25) is 5.91 Å². The smallest absolute Gasteiger partial charge is 0.230 e. The van der Waals surface area contributed by atoms with E-state index in [0.717, 1.165) is 5.75 Å². The van der Waals surface area contributed by atoms with Crippen LogP contribution in [0.5, 0.6) is 0 Å². The summed E-state index contributed by atoms with van der Waals surface area (Å²) < 4.78 is 0. The molecule has 2 nitrogen and oxygen atoms in total. The highest BCUT2D eigenvalue weighted by Gasteiger charge is 2.38. The average Bonchev–Trinajstić information content (AvgIpc) is 2.02. The highest BCUT2D eigenvalue weighted by molar-refractivity contribution is 8.01. The first-order valence-electron chi connectivity index (χ1n) is 3.57. The zero-order valence-electron chi connectivity index (χ0n) is 5.93. The predicted molar refractivity (Wildman–Crippen MR) is 49.6 cm³/mol. The first-order valence-corrected chi connectivity index (χ1v) is 5.14. The maximum absolute atomic E-state index is 10.9. The van der Waals surface area contributed by atoms with Gasteiger partial charge in [0.15, 0.2) is 0 Å². The van der Waals surface area contributed by atoms with Gasteiger partial charge in [0.25, 0.3) is 0 Å². The van der Waals surface area contributed by atoms with Crippen molar-refractivity contribution in [1.82, 2.24) is 4.90 Å². The van der Waals surface area contributed by atoms with Gasteiger partial charge in [0, 0.05) is 17.2 Å². The predicted octanol–water partition coefficient (Wildman–Crippen LogP) is 1.10. The summed E-state index contributed by atoms with van der Waals surface area (Å²) in [4.78, 5) is 12.7. The van der Waals surface area contributed by atoms with Gasteiger partial charge < -0.3 is 4.90 Å².